The van der Waals surface area contributed by atoms with Gasteiger partial charge >= 0.3 is 5.97 Å². The fourth-order valence-electron chi connectivity index (χ4n) is 1.51. The summed E-state index contributed by atoms with van der Waals surface area (Å²) in [4.78, 5) is 10.8. The van der Waals surface area contributed by atoms with Crippen molar-refractivity contribution in [3.63, 3.8) is 0 Å². The summed E-state index contributed by atoms with van der Waals surface area (Å²) in [6.45, 7) is 3.48. The van der Waals surface area contributed by atoms with Crippen LogP contribution < -0.4 is 9.47 Å². The lowest BCUT2D eigenvalue weighted by molar-refractivity contribution is 0.0662. The molecule has 4 nitrogen and oxygen atoms in total. The van der Waals surface area contributed by atoms with Gasteiger partial charge in [0.2, 0.25) is 6.29 Å². The summed E-state index contributed by atoms with van der Waals surface area (Å²) >= 11 is 0. The van der Waals surface area contributed by atoms with Crippen LogP contribution in [-0.2, 0) is 0 Å². The van der Waals surface area contributed by atoms with Crippen molar-refractivity contribution in [3.8, 4) is 11.5 Å². The molecule has 1 aliphatic heterocycles. The van der Waals surface area contributed by atoms with E-state index in [1.807, 2.05) is 0 Å². The number of aromatic carboxylic acids is 1. The van der Waals surface area contributed by atoms with Gasteiger partial charge in [0.05, 0.1) is 5.56 Å². The maximum atomic E-state index is 10.8. The molecule has 4 heteroatoms. The van der Waals surface area contributed by atoms with Crippen molar-refractivity contribution in [2.45, 2.75) is 20.1 Å². The molecule has 1 aromatic carbocycles. The first-order valence-electron chi connectivity index (χ1n) is 4.30. The Labute approximate surface area is 81.1 Å². The molecule has 0 radical (unpaired) electrons. The van der Waals surface area contributed by atoms with Gasteiger partial charge < -0.3 is 14.6 Å². The Bertz CT molecular complexity index is 397. The van der Waals surface area contributed by atoms with E-state index < -0.39 is 5.97 Å². The van der Waals surface area contributed by atoms with Gasteiger partial charge in [0.15, 0.2) is 11.5 Å². The zero-order chi connectivity index (χ0) is 10.3. The number of carboxylic acid groups (broad SMARTS) is 1. The van der Waals surface area contributed by atoms with Crippen LogP contribution in [0.15, 0.2) is 12.1 Å². The van der Waals surface area contributed by atoms with Gasteiger partial charge in [0.25, 0.3) is 0 Å². The van der Waals surface area contributed by atoms with Crippen LogP contribution in [0.1, 0.15) is 22.8 Å². The van der Waals surface area contributed by atoms with Crippen molar-refractivity contribution in [3.05, 3.63) is 23.3 Å². The zero-order valence-corrected chi connectivity index (χ0v) is 7.90. The summed E-state index contributed by atoms with van der Waals surface area (Å²) in [6.07, 6.45) is -0.340. The molecule has 0 spiro atoms. The summed E-state index contributed by atoms with van der Waals surface area (Å²) in [6, 6.07) is 3.15. The normalized spacial score (nSPS) is 18.3. The third-order valence-electron chi connectivity index (χ3n) is 2.18. The lowest BCUT2D eigenvalue weighted by Crippen LogP contribution is -2.11. The van der Waals surface area contributed by atoms with Gasteiger partial charge in [-0.2, -0.15) is 0 Å². The van der Waals surface area contributed by atoms with Crippen molar-refractivity contribution >= 4 is 5.97 Å². The topological polar surface area (TPSA) is 55.8 Å². The second kappa shape index (κ2) is 2.90. The van der Waals surface area contributed by atoms with E-state index in [1.54, 1.807) is 19.9 Å². The molecule has 14 heavy (non-hydrogen) atoms. The largest absolute Gasteiger partial charge is 0.478 e. The van der Waals surface area contributed by atoms with Gasteiger partial charge in [-0.05, 0) is 19.1 Å². The third-order valence-corrected chi connectivity index (χ3v) is 2.18. The number of carboxylic acids is 1. The van der Waals surface area contributed by atoms with Crippen molar-refractivity contribution < 1.29 is 19.4 Å². The van der Waals surface area contributed by atoms with E-state index in [1.165, 1.54) is 6.07 Å². The molecule has 2 rings (SSSR count). The van der Waals surface area contributed by atoms with Crippen LogP contribution in [0.25, 0.3) is 0 Å². The van der Waals surface area contributed by atoms with E-state index in [0.29, 0.717) is 17.1 Å². The van der Waals surface area contributed by atoms with E-state index >= 15 is 0 Å². The summed E-state index contributed by atoms with van der Waals surface area (Å²) in [5.41, 5.74) is 0.862. The molecule has 1 heterocycles. The molecular formula is C10H10O4. The van der Waals surface area contributed by atoms with Crippen LogP contribution >= 0.6 is 0 Å². The molecular weight excluding hydrogens is 184 g/mol. The summed E-state index contributed by atoms with van der Waals surface area (Å²) in [5.74, 6) is 0.200. The third kappa shape index (κ3) is 1.19. The zero-order valence-electron chi connectivity index (χ0n) is 7.90. The molecule has 0 aromatic heterocycles. The molecule has 0 fully saturated rings. The van der Waals surface area contributed by atoms with E-state index in [2.05, 4.69) is 0 Å². The molecule has 1 aliphatic rings. The lowest BCUT2D eigenvalue weighted by atomic mass is 10.1. The molecule has 1 unspecified atom stereocenters. The first kappa shape index (κ1) is 8.87. The molecule has 0 saturated carbocycles. The minimum absolute atomic E-state index is 0.251. The molecule has 1 aromatic rings. The highest BCUT2D eigenvalue weighted by molar-refractivity contribution is 5.90. The standard InChI is InChI=1S/C10H10O4/c1-5-7(10(11)12)3-4-8-9(5)14-6(2)13-8/h3-4,6H,1-2H3,(H,11,12). The fraction of sp³-hybridized carbons (Fsp3) is 0.300. The lowest BCUT2D eigenvalue weighted by Gasteiger charge is -2.04. The Balaban J connectivity index is 2.53. The van der Waals surface area contributed by atoms with E-state index in [4.69, 9.17) is 14.6 Å². The molecule has 1 N–H and O–H groups in total. The number of carbonyl (C=O) groups is 1. The van der Waals surface area contributed by atoms with Crippen LogP contribution in [0.5, 0.6) is 11.5 Å². The van der Waals surface area contributed by atoms with Crippen molar-refractivity contribution in [2.24, 2.45) is 0 Å². The number of fused-ring (bicyclic) bond motifs is 1. The number of benzene rings is 1. The van der Waals surface area contributed by atoms with Crippen LogP contribution in [0, 0.1) is 6.92 Å². The quantitative estimate of drug-likeness (QED) is 0.740. The maximum absolute atomic E-state index is 10.8. The Morgan fingerprint density at radius 3 is 2.79 bits per heavy atom. The van der Waals surface area contributed by atoms with Crippen LogP contribution in [-0.4, -0.2) is 17.4 Å². The maximum Gasteiger partial charge on any atom is 0.336 e. The van der Waals surface area contributed by atoms with E-state index in [0.717, 1.165) is 0 Å². The average Bonchev–Trinajstić information content (AvgIpc) is 2.46. The minimum Gasteiger partial charge on any atom is -0.478 e. The Morgan fingerprint density at radius 1 is 1.43 bits per heavy atom. The van der Waals surface area contributed by atoms with Gasteiger partial charge in [-0.1, -0.05) is 0 Å². The molecule has 74 valence electrons. The van der Waals surface area contributed by atoms with Crippen molar-refractivity contribution in [1.82, 2.24) is 0 Å². The van der Waals surface area contributed by atoms with Gasteiger partial charge in [-0.25, -0.2) is 4.79 Å². The monoisotopic (exact) mass is 194 g/mol. The molecule has 1 atom stereocenters. The molecule has 0 amide bonds. The smallest absolute Gasteiger partial charge is 0.336 e. The molecule has 0 bridgehead atoms. The minimum atomic E-state index is -0.951. The average molecular weight is 194 g/mol. The second-order valence-electron chi connectivity index (χ2n) is 3.17. The van der Waals surface area contributed by atoms with E-state index in [-0.39, 0.29) is 11.9 Å². The van der Waals surface area contributed by atoms with Gasteiger partial charge in [0, 0.05) is 12.5 Å². The van der Waals surface area contributed by atoms with E-state index in [9.17, 15) is 4.79 Å². The van der Waals surface area contributed by atoms with Crippen LogP contribution in [0.2, 0.25) is 0 Å². The SMILES string of the molecule is Cc1c(C(=O)O)ccc2c1OC(C)O2. The summed E-state index contributed by atoms with van der Waals surface area (Å²) in [7, 11) is 0. The Kier molecular flexibility index (Phi) is 1.84. The Hall–Kier alpha value is -1.71. The first-order chi connectivity index (χ1) is 6.59. The number of ether oxygens (including phenoxy) is 2. The molecule has 0 aliphatic carbocycles. The number of hydrogen-bond acceptors (Lipinski definition) is 3. The predicted octanol–water partition coefficient (Wildman–Crippen LogP) is 1.81. The van der Waals surface area contributed by atoms with Crippen molar-refractivity contribution in [2.75, 3.05) is 0 Å². The fourth-order valence-corrected chi connectivity index (χ4v) is 1.51. The van der Waals surface area contributed by atoms with Crippen molar-refractivity contribution in [1.29, 1.82) is 0 Å². The first-order valence-corrected chi connectivity index (χ1v) is 4.30. The Morgan fingerprint density at radius 2 is 2.14 bits per heavy atom. The van der Waals surface area contributed by atoms with Gasteiger partial charge in [-0.3, -0.25) is 0 Å². The number of hydrogen-bond donors (Lipinski definition) is 1. The van der Waals surface area contributed by atoms with Crippen LogP contribution in [0.4, 0.5) is 0 Å². The highest BCUT2D eigenvalue weighted by Gasteiger charge is 2.24. The summed E-state index contributed by atoms with van der Waals surface area (Å²) in [5, 5.41) is 8.87. The van der Waals surface area contributed by atoms with Gasteiger partial charge in [0.1, 0.15) is 0 Å². The number of rotatable bonds is 1. The highest BCUT2D eigenvalue weighted by Crippen LogP contribution is 2.38. The molecule has 0 saturated heterocycles. The predicted molar refractivity (Wildman–Crippen MR) is 48.9 cm³/mol. The van der Waals surface area contributed by atoms with Crippen LogP contribution in [0.3, 0.4) is 0 Å². The highest BCUT2D eigenvalue weighted by atomic mass is 16.7. The summed E-state index contributed by atoms with van der Waals surface area (Å²) < 4.78 is 10.7. The van der Waals surface area contributed by atoms with Gasteiger partial charge in [-0.15, -0.1) is 0 Å². The second-order valence-corrected chi connectivity index (χ2v) is 3.17.